The van der Waals surface area contributed by atoms with Crippen LogP contribution < -0.4 is 10.2 Å². The quantitative estimate of drug-likeness (QED) is 0.416. The van der Waals surface area contributed by atoms with Crippen LogP contribution in [0.4, 0.5) is 30.2 Å². The molecule has 0 amide bonds. The van der Waals surface area contributed by atoms with Crippen molar-refractivity contribution in [3.05, 3.63) is 90.0 Å². The number of rotatable bonds is 8. The summed E-state index contributed by atoms with van der Waals surface area (Å²) < 4.78 is 44.4. The van der Waals surface area contributed by atoms with E-state index in [1.54, 1.807) is 6.92 Å². The monoisotopic (exact) mass is 483 g/mol. The first-order chi connectivity index (χ1) is 16.8. The lowest BCUT2D eigenvalue weighted by atomic mass is 10.1. The second-order valence-corrected chi connectivity index (χ2v) is 8.47. The number of fused-ring (bicyclic) bond motifs is 1. The molecule has 8 heteroatoms. The number of carbonyl (C=O) groups excluding carboxylic acids is 1. The molecule has 3 aromatic carbocycles. The summed E-state index contributed by atoms with van der Waals surface area (Å²) in [5.41, 5.74) is 2.86. The summed E-state index contributed by atoms with van der Waals surface area (Å²) in [7, 11) is 0. The summed E-state index contributed by atoms with van der Waals surface area (Å²) in [5, 5.41) is 3.54. The lowest BCUT2D eigenvalue weighted by Gasteiger charge is -2.39. The molecule has 0 spiro atoms. The normalized spacial score (nSPS) is 15.5. The van der Waals surface area contributed by atoms with Crippen LogP contribution in [0.5, 0.6) is 0 Å². The highest BCUT2D eigenvalue weighted by Crippen LogP contribution is 2.37. The molecule has 1 N–H and O–H groups in total. The first kappa shape index (κ1) is 24.6. The van der Waals surface area contributed by atoms with Gasteiger partial charge >= 0.3 is 12.1 Å². The van der Waals surface area contributed by atoms with Gasteiger partial charge in [-0.1, -0.05) is 42.5 Å². The largest absolute Gasteiger partial charge is 0.465 e. The number of nitrogens with one attached hydrogen (secondary N) is 1. The zero-order valence-electron chi connectivity index (χ0n) is 19.5. The van der Waals surface area contributed by atoms with Crippen molar-refractivity contribution in [2.24, 2.45) is 0 Å². The fourth-order valence-corrected chi connectivity index (χ4v) is 4.32. The van der Waals surface area contributed by atoms with Gasteiger partial charge in [-0.2, -0.15) is 13.2 Å². The number of nitrogens with zero attached hydrogens (tertiary/aromatic N) is 2. The van der Waals surface area contributed by atoms with E-state index in [9.17, 15) is 18.0 Å². The molecule has 0 aromatic heterocycles. The zero-order valence-corrected chi connectivity index (χ0v) is 19.5. The van der Waals surface area contributed by atoms with Crippen molar-refractivity contribution in [3.63, 3.8) is 0 Å². The maximum atomic E-state index is 13.1. The van der Waals surface area contributed by atoms with Gasteiger partial charge in [0.2, 0.25) is 0 Å². The number of halogens is 3. The number of benzene rings is 3. The van der Waals surface area contributed by atoms with Crippen molar-refractivity contribution >= 4 is 23.0 Å². The summed E-state index contributed by atoms with van der Waals surface area (Å²) >= 11 is 0. The third-order valence-corrected chi connectivity index (χ3v) is 5.85. The van der Waals surface area contributed by atoms with Crippen LogP contribution in [0.15, 0.2) is 78.9 Å². The number of alkyl halides is 3. The van der Waals surface area contributed by atoms with E-state index in [4.69, 9.17) is 4.74 Å². The highest BCUT2D eigenvalue weighted by Gasteiger charge is 2.31. The second-order valence-electron chi connectivity index (χ2n) is 8.47. The van der Waals surface area contributed by atoms with Crippen LogP contribution in [0.25, 0.3) is 0 Å². The van der Waals surface area contributed by atoms with E-state index in [1.807, 2.05) is 64.4 Å². The lowest BCUT2D eigenvalue weighted by Crippen LogP contribution is -2.47. The Kier molecular flexibility index (Phi) is 7.60. The third kappa shape index (κ3) is 6.33. The van der Waals surface area contributed by atoms with Crippen LogP contribution in [-0.2, 0) is 22.3 Å². The molecule has 1 aliphatic heterocycles. The van der Waals surface area contributed by atoms with Gasteiger partial charge in [0.1, 0.15) is 0 Å². The van der Waals surface area contributed by atoms with Gasteiger partial charge in [0.25, 0.3) is 0 Å². The fourth-order valence-electron chi connectivity index (χ4n) is 4.32. The Balaban J connectivity index is 1.57. The first-order valence-electron chi connectivity index (χ1n) is 11.6. The predicted octanol–water partition coefficient (Wildman–Crippen LogP) is 5.70. The van der Waals surface area contributed by atoms with Gasteiger partial charge in [0.05, 0.1) is 36.1 Å². The minimum absolute atomic E-state index is 0.0784. The van der Waals surface area contributed by atoms with Gasteiger partial charge in [0, 0.05) is 25.3 Å². The Morgan fingerprint density at radius 1 is 1.03 bits per heavy atom. The van der Waals surface area contributed by atoms with Crippen LogP contribution in [0.3, 0.4) is 0 Å². The van der Waals surface area contributed by atoms with Gasteiger partial charge in [-0.3, -0.25) is 9.69 Å². The van der Waals surface area contributed by atoms with Crippen molar-refractivity contribution < 1.29 is 22.7 Å². The molecule has 5 nitrogen and oxygen atoms in total. The molecule has 1 atom stereocenters. The Bertz CT molecular complexity index is 1120. The Labute approximate surface area is 203 Å². The minimum Gasteiger partial charge on any atom is -0.465 e. The number of hydrogen-bond donors (Lipinski definition) is 1. The highest BCUT2D eigenvalue weighted by molar-refractivity contribution is 5.79. The van der Waals surface area contributed by atoms with E-state index in [0.717, 1.165) is 29.1 Å². The predicted molar refractivity (Wildman–Crippen MR) is 131 cm³/mol. The SMILES string of the molecule is CCOC(=O)CN(Cc1ccccc1)CC1CN(c2ccc(C(F)(F)F)cc2)c2ccccc2N1. The number of para-hydroxylation sites is 2. The van der Waals surface area contributed by atoms with Crippen LogP contribution in [0, 0.1) is 0 Å². The average molecular weight is 484 g/mol. The van der Waals surface area contributed by atoms with Gasteiger partial charge in [0.15, 0.2) is 0 Å². The second kappa shape index (κ2) is 10.8. The first-order valence-corrected chi connectivity index (χ1v) is 11.6. The Morgan fingerprint density at radius 2 is 1.71 bits per heavy atom. The molecule has 0 aliphatic carbocycles. The molecule has 1 unspecified atom stereocenters. The third-order valence-electron chi connectivity index (χ3n) is 5.85. The summed E-state index contributed by atoms with van der Waals surface area (Å²) in [6.07, 6.45) is -4.38. The van der Waals surface area contributed by atoms with E-state index in [0.29, 0.717) is 31.9 Å². The topological polar surface area (TPSA) is 44.8 Å². The number of ether oxygens (including phenoxy) is 1. The number of esters is 1. The maximum absolute atomic E-state index is 13.1. The molecule has 184 valence electrons. The van der Waals surface area contributed by atoms with Crippen LogP contribution in [-0.4, -0.2) is 43.2 Å². The summed E-state index contributed by atoms with van der Waals surface area (Å²) in [6.45, 7) is 3.87. The Morgan fingerprint density at radius 3 is 2.40 bits per heavy atom. The smallest absolute Gasteiger partial charge is 0.416 e. The van der Waals surface area contributed by atoms with E-state index < -0.39 is 11.7 Å². The summed E-state index contributed by atoms with van der Waals surface area (Å²) in [5.74, 6) is -0.292. The minimum atomic E-state index is -4.38. The summed E-state index contributed by atoms with van der Waals surface area (Å²) in [6, 6.07) is 22.7. The van der Waals surface area contributed by atoms with Gasteiger partial charge < -0.3 is 15.0 Å². The van der Waals surface area contributed by atoms with Gasteiger partial charge in [-0.15, -0.1) is 0 Å². The van der Waals surface area contributed by atoms with Crippen LogP contribution in [0.2, 0.25) is 0 Å². The van der Waals surface area contributed by atoms with Crippen molar-refractivity contribution in [3.8, 4) is 0 Å². The standard InChI is InChI=1S/C27H28F3N3O2/c1-2-35-26(34)19-32(16-20-8-4-3-5-9-20)17-22-18-33(25-11-7-6-10-24(25)31-22)23-14-12-21(13-15-23)27(28,29)30/h3-15,22,31H,2,16-19H2,1H3. The Hall–Kier alpha value is -3.52. The highest BCUT2D eigenvalue weighted by atomic mass is 19.4. The molecule has 4 rings (SSSR count). The van der Waals surface area contributed by atoms with Crippen molar-refractivity contribution in [1.29, 1.82) is 0 Å². The number of anilines is 3. The fraction of sp³-hybridized carbons (Fsp3) is 0.296. The number of carbonyl (C=O) groups is 1. The molecule has 3 aromatic rings. The molecule has 0 saturated carbocycles. The van der Waals surface area contributed by atoms with Gasteiger partial charge in [-0.05, 0) is 48.9 Å². The maximum Gasteiger partial charge on any atom is 0.416 e. The molecule has 0 radical (unpaired) electrons. The average Bonchev–Trinajstić information content (AvgIpc) is 2.84. The molecule has 0 bridgehead atoms. The van der Waals surface area contributed by atoms with Crippen molar-refractivity contribution in [1.82, 2.24) is 4.90 Å². The lowest BCUT2D eigenvalue weighted by molar-refractivity contribution is -0.144. The molecule has 1 heterocycles. The van der Waals surface area contributed by atoms with Crippen molar-refractivity contribution in [2.75, 3.05) is 36.5 Å². The zero-order chi connectivity index (χ0) is 24.8. The van der Waals surface area contributed by atoms with Crippen LogP contribution in [0.1, 0.15) is 18.1 Å². The molecular formula is C27H28F3N3O2. The van der Waals surface area contributed by atoms with Crippen LogP contribution >= 0.6 is 0 Å². The van der Waals surface area contributed by atoms with Crippen molar-refractivity contribution in [2.45, 2.75) is 25.7 Å². The molecular weight excluding hydrogens is 455 g/mol. The number of hydrogen-bond acceptors (Lipinski definition) is 5. The van der Waals surface area contributed by atoms with E-state index in [-0.39, 0.29) is 18.6 Å². The molecule has 0 fully saturated rings. The van der Waals surface area contributed by atoms with E-state index in [2.05, 4.69) is 5.32 Å². The molecule has 0 saturated heterocycles. The van der Waals surface area contributed by atoms with E-state index >= 15 is 0 Å². The molecule has 1 aliphatic rings. The van der Waals surface area contributed by atoms with E-state index in [1.165, 1.54) is 12.1 Å². The molecule has 35 heavy (non-hydrogen) atoms. The van der Waals surface area contributed by atoms with Gasteiger partial charge in [-0.25, -0.2) is 0 Å². The summed E-state index contributed by atoms with van der Waals surface area (Å²) in [4.78, 5) is 16.3.